The molecule has 1 fully saturated rings. The molecule has 1 aliphatic rings. The summed E-state index contributed by atoms with van der Waals surface area (Å²) in [5.74, 6) is -0.902. The van der Waals surface area contributed by atoms with Gasteiger partial charge in [0.15, 0.2) is 6.10 Å². The van der Waals surface area contributed by atoms with Crippen molar-refractivity contribution in [1.29, 1.82) is 0 Å². The Hall–Kier alpha value is -2.07. The third-order valence-corrected chi connectivity index (χ3v) is 9.69. The van der Waals surface area contributed by atoms with Gasteiger partial charge in [0.1, 0.15) is 6.61 Å². The largest absolute Gasteiger partial charge is 0.472 e. The second-order valence-corrected chi connectivity index (χ2v) is 15.0. The molecule has 0 aliphatic carbocycles. The van der Waals surface area contributed by atoms with Crippen LogP contribution in [0.4, 0.5) is 0 Å². The van der Waals surface area contributed by atoms with E-state index in [1.807, 2.05) is 6.08 Å². The molecule has 10 nitrogen and oxygen atoms in total. The summed E-state index contributed by atoms with van der Waals surface area (Å²) in [6.45, 7) is 3.55. The highest BCUT2D eigenvalue weighted by molar-refractivity contribution is 7.47. The van der Waals surface area contributed by atoms with Crippen LogP contribution < -0.4 is 5.73 Å². The number of epoxide rings is 1. The predicted octanol–water partition coefficient (Wildman–Crippen LogP) is 10.1. The minimum absolute atomic E-state index is 0.0418. The summed E-state index contributed by atoms with van der Waals surface area (Å²) in [5, 5.41) is 0. The Labute approximate surface area is 315 Å². The number of unbranched alkanes of at least 4 members (excludes halogenated alkanes) is 13. The van der Waals surface area contributed by atoms with Gasteiger partial charge in [-0.15, -0.1) is 0 Å². The Kier molecular flexibility index (Phi) is 30.9. The van der Waals surface area contributed by atoms with Gasteiger partial charge in [0, 0.05) is 19.4 Å². The maximum absolute atomic E-state index is 12.5. The SMILES string of the molecule is CCCCCCCCCCCCCCCC(=O)OCC(COP(=O)(O)OCCN)OC(=O)CCC/C=C\C/C=C\C/C=C\C/C=C\CC1OC1CC. The lowest BCUT2D eigenvalue weighted by atomic mass is 10.0. The monoisotopic (exact) mass is 753 g/mol. The maximum atomic E-state index is 12.5. The Morgan fingerprint density at radius 3 is 1.79 bits per heavy atom. The van der Waals surface area contributed by atoms with Gasteiger partial charge in [-0.2, -0.15) is 0 Å². The van der Waals surface area contributed by atoms with Gasteiger partial charge in [-0.3, -0.25) is 18.6 Å². The topological polar surface area (TPSA) is 147 Å². The van der Waals surface area contributed by atoms with E-state index in [4.69, 9.17) is 29.0 Å². The summed E-state index contributed by atoms with van der Waals surface area (Å²) in [6, 6.07) is 0. The molecule has 11 heteroatoms. The second kappa shape index (κ2) is 33.5. The van der Waals surface area contributed by atoms with Crippen molar-refractivity contribution in [1.82, 2.24) is 0 Å². The first-order chi connectivity index (χ1) is 25.3. The van der Waals surface area contributed by atoms with E-state index >= 15 is 0 Å². The molecular formula is C41H72NO9P. The van der Waals surface area contributed by atoms with Crippen LogP contribution in [0.15, 0.2) is 48.6 Å². The first kappa shape index (κ1) is 48.0. The van der Waals surface area contributed by atoms with Crippen LogP contribution in [0.5, 0.6) is 0 Å². The van der Waals surface area contributed by atoms with Gasteiger partial charge in [0.2, 0.25) is 0 Å². The summed E-state index contributed by atoms with van der Waals surface area (Å²) < 4.78 is 38.2. The van der Waals surface area contributed by atoms with Gasteiger partial charge in [-0.1, -0.05) is 140 Å². The number of ether oxygens (including phenoxy) is 3. The average Bonchev–Trinajstić information content (AvgIpc) is 3.90. The molecule has 4 atom stereocenters. The quantitative estimate of drug-likeness (QED) is 0.0208. The summed E-state index contributed by atoms with van der Waals surface area (Å²) >= 11 is 0. The van der Waals surface area contributed by atoms with Crippen LogP contribution >= 0.6 is 7.82 Å². The number of hydrogen-bond donors (Lipinski definition) is 2. The molecule has 1 saturated heterocycles. The fourth-order valence-corrected chi connectivity index (χ4v) is 6.33. The van der Waals surface area contributed by atoms with Crippen LogP contribution in [0.3, 0.4) is 0 Å². The zero-order valence-electron chi connectivity index (χ0n) is 32.5. The highest BCUT2D eigenvalue weighted by Gasteiger charge is 2.35. The number of nitrogens with two attached hydrogens (primary N) is 1. The van der Waals surface area contributed by atoms with Crippen LogP contribution in [0.1, 0.15) is 155 Å². The molecule has 1 heterocycles. The van der Waals surface area contributed by atoms with Crippen molar-refractivity contribution in [3.63, 3.8) is 0 Å². The van der Waals surface area contributed by atoms with Crippen LogP contribution in [0.2, 0.25) is 0 Å². The molecule has 1 aliphatic heterocycles. The smallest absolute Gasteiger partial charge is 0.462 e. The molecule has 3 N–H and O–H groups in total. The van der Waals surface area contributed by atoms with Crippen LogP contribution in [-0.2, 0) is 37.4 Å². The van der Waals surface area contributed by atoms with E-state index in [1.165, 1.54) is 64.2 Å². The predicted molar refractivity (Wildman–Crippen MR) is 210 cm³/mol. The normalized spacial score (nSPS) is 17.8. The second-order valence-electron chi connectivity index (χ2n) is 13.5. The van der Waals surface area contributed by atoms with E-state index in [-0.39, 0.29) is 32.6 Å². The molecular weight excluding hydrogens is 681 g/mol. The summed E-state index contributed by atoms with van der Waals surface area (Å²) in [4.78, 5) is 34.7. The van der Waals surface area contributed by atoms with Gasteiger partial charge >= 0.3 is 19.8 Å². The Morgan fingerprint density at radius 1 is 0.692 bits per heavy atom. The Morgan fingerprint density at radius 2 is 1.23 bits per heavy atom. The molecule has 0 aromatic rings. The molecule has 1 rings (SSSR count). The molecule has 300 valence electrons. The highest BCUT2D eigenvalue weighted by atomic mass is 31.2. The molecule has 0 aromatic carbocycles. The number of phosphoric acid groups is 1. The molecule has 4 unspecified atom stereocenters. The van der Waals surface area contributed by atoms with Gasteiger partial charge in [0.25, 0.3) is 0 Å². The van der Waals surface area contributed by atoms with Crippen molar-refractivity contribution in [3.05, 3.63) is 48.6 Å². The van der Waals surface area contributed by atoms with Crippen molar-refractivity contribution in [2.75, 3.05) is 26.4 Å². The average molecular weight is 754 g/mol. The molecule has 0 saturated carbocycles. The van der Waals surface area contributed by atoms with E-state index in [2.05, 4.69) is 56.4 Å². The van der Waals surface area contributed by atoms with Crippen LogP contribution in [0, 0.1) is 0 Å². The summed E-state index contributed by atoms with van der Waals surface area (Å²) in [5.41, 5.74) is 5.33. The van der Waals surface area contributed by atoms with Crippen molar-refractivity contribution in [2.24, 2.45) is 5.73 Å². The fourth-order valence-electron chi connectivity index (χ4n) is 5.56. The van der Waals surface area contributed by atoms with E-state index in [0.29, 0.717) is 25.0 Å². The van der Waals surface area contributed by atoms with Gasteiger partial charge < -0.3 is 24.8 Å². The molecule has 0 spiro atoms. The number of esters is 2. The number of rotatable bonds is 36. The third-order valence-electron chi connectivity index (χ3n) is 8.70. The highest BCUT2D eigenvalue weighted by Crippen LogP contribution is 2.43. The molecule has 52 heavy (non-hydrogen) atoms. The zero-order valence-corrected chi connectivity index (χ0v) is 33.4. The van der Waals surface area contributed by atoms with E-state index in [9.17, 15) is 19.0 Å². The van der Waals surface area contributed by atoms with Crippen molar-refractivity contribution in [3.8, 4) is 0 Å². The van der Waals surface area contributed by atoms with Crippen molar-refractivity contribution in [2.45, 2.75) is 173 Å². The zero-order chi connectivity index (χ0) is 38.0. The molecule has 0 amide bonds. The standard InChI is InChI=1S/C41H72NO9P/c1-3-5-6-7-8-9-10-12-16-19-22-25-28-31-40(43)47-35-37(36-49-52(45,46)48-34-33-42)50-41(44)32-29-26-23-20-17-14-11-13-15-18-21-24-27-30-39-38(4-2)51-39/h11,14-15,18,20,23-24,27,37-39H,3-10,12-13,16-17,19,21-22,25-26,28-36,42H2,1-2H3,(H,45,46)/b14-11-,18-15-,23-20-,27-24-. The number of allylic oxidation sites excluding steroid dienone is 7. The number of carbonyl (C=O) groups excluding carboxylic acids is 2. The lowest BCUT2D eigenvalue weighted by Crippen LogP contribution is -2.29. The minimum atomic E-state index is -4.39. The van der Waals surface area contributed by atoms with Crippen molar-refractivity contribution >= 4 is 19.8 Å². The number of carbonyl (C=O) groups is 2. The van der Waals surface area contributed by atoms with Crippen LogP contribution in [0.25, 0.3) is 0 Å². The lowest BCUT2D eigenvalue weighted by molar-refractivity contribution is -0.161. The Bertz CT molecular complexity index is 1060. The molecule has 0 aromatic heterocycles. The number of phosphoric ester groups is 1. The summed E-state index contributed by atoms with van der Waals surface area (Å²) in [7, 11) is -4.39. The molecule has 0 radical (unpaired) electrons. The van der Waals surface area contributed by atoms with Gasteiger partial charge in [-0.25, -0.2) is 4.57 Å². The first-order valence-corrected chi connectivity index (χ1v) is 21.7. The Balaban J connectivity index is 2.23. The van der Waals surface area contributed by atoms with Crippen LogP contribution in [-0.4, -0.2) is 61.5 Å². The minimum Gasteiger partial charge on any atom is -0.462 e. The van der Waals surface area contributed by atoms with E-state index in [1.54, 1.807) is 0 Å². The third kappa shape index (κ3) is 30.4. The number of hydrogen-bond acceptors (Lipinski definition) is 9. The van der Waals surface area contributed by atoms with E-state index in [0.717, 1.165) is 51.4 Å². The van der Waals surface area contributed by atoms with Crippen molar-refractivity contribution < 1.29 is 42.3 Å². The summed E-state index contributed by atoms with van der Waals surface area (Å²) in [6.07, 6.45) is 39.1. The fraction of sp³-hybridized carbons (Fsp3) is 0.756. The first-order valence-electron chi connectivity index (χ1n) is 20.2. The van der Waals surface area contributed by atoms with E-state index < -0.39 is 32.5 Å². The van der Waals surface area contributed by atoms with Gasteiger partial charge in [-0.05, 0) is 51.4 Å². The molecule has 0 bridgehead atoms. The van der Waals surface area contributed by atoms with Gasteiger partial charge in [0.05, 0.1) is 25.4 Å². The lowest BCUT2D eigenvalue weighted by Gasteiger charge is -2.19. The maximum Gasteiger partial charge on any atom is 0.472 e.